The minimum atomic E-state index is -0.520. The summed E-state index contributed by atoms with van der Waals surface area (Å²) in [5.41, 5.74) is 0.721. The van der Waals surface area contributed by atoms with E-state index in [0.29, 0.717) is 12.2 Å². The van der Waals surface area contributed by atoms with E-state index in [1.807, 2.05) is 6.92 Å². The molecule has 0 spiro atoms. The quantitative estimate of drug-likeness (QED) is 0.774. The number of ketones is 1. The fraction of sp³-hybridized carbons (Fsp3) is 0.200. The average Bonchev–Trinajstić information content (AvgIpc) is 2.45. The monoisotopic (exact) mass is 259 g/mol. The van der Waals surface area contributed by atoms with Gasteiger partial charge in [-0.1, -0.05) is 6.92 Å². The van der Waals surface area contributed by atoms with Crippen molar-refractivity contribution in [1.82, 2.24) is 4.98 Å². The van der Waals surface area contributed by atoms with E-state index in [2.05, 4.69) is 4.98 Å². The van der Waals surface area contributed by atoms with Gasteiger partial charge in [0.25, 0.3) is 0 Å². The molecule has 1 aromatic carbocycles. The average molecular weight is 259 g/mol. The SMILES string of the molecule is CCCOc1ccc(C(=O)c2cncc(F)c2)cc1. The molecule has 0 N–H and O–H groups in total. The van der Waals surface area contributed by atoms with Crippen LogP contribution >= 0.6 is 0 Å². The maximum absolute atomic E-state index is 13.0. The van der Waals surface area contributed by atoms with E-state index in [1.165, 1.54) is 12.3 Å². The predicted octanol–water partition coefficient (Wildman–Crippen LogP) is 3.24. The van der Waals surface area contributed by atoms with Gasteiger partial charge in [-0.15, -0.1) is 0 Å². The largest absolute Gasteiger partial charge is 0.494 e. The number of benzene rings is 1. The van der Waals surface area contributed by atoms with E-state index in [9.17, 15) is 9.18 Å². The Hall–Kier alpha value is -2.23. The first kappa shape index (κ1) is 13.2. The zero-order valence-electron chi connectivity index (χ0n) is 10.6. The number of halogens is 1. The second-order valence-electron chi connectivity index (χ2n) is 4.09. The van der Waals surface area contributed by atoms with Crippen LogP contribution in [-0.4, -0.2) is 17.4 Å². The minimum absolute atomic E-state index is 0.238. The summed E-state index contributed by atoms with van der Waals surface area (Å²) < 4.78 is 18.4. The molecule has 2 aromatic rings. The number of rotatable bonds is 5. The molecular formula is C15H14FNO2. The number of ether oxygens (including phenoxy) is 1. The summed E-state index contributed by atoms with van der Waals surface area (Å²) in [6.45, 7) is 2.66. The lowest BCUT2D eigenvalue weighted by molar-refractivity contribution is 0.103. The number of nitrogens with zero attached hydrogens (tertiary/aromatic N) is 1. The van der Waals surface area contributed by atoms with Gasteiger partial charge in [0.05, 0.1) is 12.8 Å². The van der Waals surface area contributed by atoms with Crippen molar-refractivity contribution in [3.8, 4) is 5.75 Å². The zero-order valence-corrected chi connectivity index (χ0v) is 10.6. The molecule has 0 unspecified atom stereocenters. The van der Waals surface area contributed by atoms with Crippen LogP contribution in [0.4, 0.5) is 4.39 Å². The van der Waals surface area contributed by atoms with E-state index in [-0.39, 0.29) is 11.3 Å². The van der Waals surface area contributed by atoms with E-state index in [1.54, 1.807) is 24.3 Å². The van der Waals surface area contributed by atoms with Gasteiger partial charge in [-0.3, -0.25) is 9.78 Å². The van der Waals surface area contributed by atoms with E-state index in [0.717, 1.165) is 18.4 Å². The molecule has 1 aromatic heterocycles. The molecule has 98 valence electrons. The summed E-state index contributed by atoms with van der Waals surface area (Å²) in [6, 6.07) is 7.97. The fourth-order valence-corrected chi connectivity index (χ4v) is 1.63. The number of hydrogen-bond donors (Lipinski definition) is 0. The van der Waals surface area contributed by atoms with Crippen molar-refractivity contribution in [2.45, 2.75) is 13.3 Å². The number of carbonyl (C=O) groups excluding carboxylic acids is 1. The molecule has 0 fully saturated rings. The molecular weight excluding hydrogens is 245 g/mol. The number of aromatic nitrogens is 1. The van der Waals surface area contributed by atoms with Gasteiger partial charge < -0.3 is 4.74 Å². The highest BCUT2D eigenvalue weighted by molar-refractivity contribution is 6.08. The van der Waals surface area contributed by atoms with Gasteiger partial charge in [-0.05, 0) is 36.8 Å². The Balaban J connectivity index is 2.15. The molecule has 2 rings (SSSR count). The van der Waals surface area contributed by atoms with Crippen LogP contribution in [0.1, 0.15) is 29.3 Å². The molecule has 3 nitrogen and oxygen atoms in total. The van der Waals surface area contributed by atoms with Crippen LogP contribution in [0.3, 0.4) is 0 Å². The first-order valence-corrected chi connectivity index (χ1v) is 6.09. The molecule has 0 aliphatic heterocycles. The molecule has 1 heterocycles. The normalized spacial score (nSPS) is 10.2. The van der Waals surface area contributed by atoms with Crippen molar-refractivity contribution in [2.75, 3.05) is 6.61 Å². The van der Waals surface area contributed by atoms with E-state index < -0.39 is 5.82 Å². The van der Waals surface area contributed by atoms with Crippen molar-refractivity contribution in [3.05, 3.63) is 59.7 Å². The highest BCUT2D eigenvalue weighted by Crippen LogP contribution is 2.15. The van der Waals surface area contributed by atoms with E-state index >= 15 is 0 Å². The summed E-state index contributed by atoms with van der Waals surface area (Å²) in [6.07, 6.45) is 3.35. The van der Waals surface area contributed by atoms with Gasteiger partial charge in [0.1, 0.15) is 11.6 Å². The van der Waals surface area contributed by atoms with Crippen molar-refractivity contribution in [2.24, 2.45) is 0 Å². The first-order chi connectivity index (χ1) is 9.20. The molecule has 0 amide bonds. The zero-order chi connectivity index (χ0) is 13.7. The predicted molar refractivity (Wildman–Crippen MR) is 69.9 cm³/mol. The molecule has 0 saturated carbocycles. The van der Waals surface area contributed by atoms with Gasteiger partial charge in [-0.2, -0.15) is 0 Å². The Kier molecular flexibility index (Phi) is 4.23. The van der Waals surface area contributed by atoms with Crippen LogP contribution in [0.5, 0.6) is 5.75 Å². The molecule has 0 radical (unpaired) electrons. The van der Waals surface area contributed by atoms with Crippen LogP contribution in [0, 0.1) is 5.82 Å². The Morgan fingerprint density at radius 1 is 1.21 bits per heavy atom. The molecule has 0 bridgehead atoms. The number of carbonyl (C=O) groups is 1. The van der Waals surface area contributed by atoms with Gasteiger partial charge in [0.15, 0.2) is 5.78 Å². The van der Waals surface area contributed by atoms with Gasteiger partial charge >= 0.3 is 0 Å². The molecule has 19 heavy (non-hydrogen) atoms. The van der Waals surface area contributed by atoms with E-state index in [4.69, 9.17) is 4.74 Å². The highest BCUT2D eigenvalue weighted by atomic mass is 19.1. The molecule has 0 atom stereocenters. The lowest BCUT2D eigenvalue weighted by Crippen LogP contribution is -2.03. The summed E-state index contributed by atoms with van der Waals surface area (Å²) in [5.74, 6) is -0.0569. The summed E-state index contributed by atoms with van der Waals surface area (Å²) in [4.78, 5) is 15.7. The first-order valence-electron chi connectivity index (χ1n) is 6.09. The smallest absolute Gasteiger partial charge is 0.194 e. The number of pyridine rings is 1. The maximum Gasteiger partial charge on any atom is 0.194 e. The molecule has 0 aliphatic rings. The van der Waals surface area contributed by atoms with Gasteiger partial charge in [0, 0.05) is 17.3 Å². The third-order valence-corrected chi connectivity index (χ3v) is 2.56. The molecule has 4 heteroatoms. The maximum atomic E-state index is 13.0. The van der Waals surface area contributed by atoms with Crippen LogP contribution < -0.4 is 4.74 Å². The van der Waals surface area contributed by atoms with Crippen molar-refractivity contribution in [3.63, 3.8) is 0 Å². The number of hydrogen-bond acceptors (Lipinski definition) is 3. The highest BCUT2D eigenvalue weighted by Gasteiger charge is 2.10. The van der Waals surface area contributed by atoms with Crippen LogP contribution in [0.15, 0.2) is 42.7 Å². The second kappa shape index (κ2) is 6.09. The van der Waals surface area contributed by atoms with Crippen LogP contribution in [0.2, 0.25) is 0 Å². The van der Waals surface area contributed by atoms with Crippen molar-refractivity contribution < 1.29 is 13.9 Å². The Labute approximate surface area is 111 Å². The Morgan fingerprint density at radius 3 is 2.58 bits per heavy atom. The van der Waals surface area contributed by atoms with Crippen LogP contribution in [-0.2, 0) is 0 Å². The molecule has 0 saturated heterocycles. The topological polar surface area (TPSA) is 39.2 Å². The second-order valence-corrected chi connectivity index (χ2v) is 4.09. The Morgan fingerprint density at radius 2 is 1.95 bits per heavy atom. The summed E-state index contributed by atoms with van der Waals surface area (Å²) in [5, 5.41) is 0. The fourth-order valence-electron chi connectivity index (χ4n) is 1.63. The lowest BCUT2D eigenvalue weighted by atomic mass is 10.1. The molecule has 0 aliphatic carbocycles. The van der Waals surface area contributed by atoms with Gasteiger partial charge in [-0.25, -0.2) is 4.39 Å². The standard InChI is InChI=1S/C15H14FNO2/c1-2-7-19-14-5-3-11(4-6-14)15(18)12-8-13(16)10-17-9-12/h3-6,8-10H,2,7H2,1H3. The van der Waals surface area contributed by atoms with Crippen molar-refractivity contribution in [1.29, 1.82) is 0 Å². The Bertz CT molecular complexity index is 567. The van der Waals surface area contributed by atoms with Gasteiger partial charge in [0.2, 0.25) is 0 Å². The third-order valence-electron chi connectivity index (χ3n) is 2.56. The lowest BCUT2D eigenvalue weighted by Gasteiger charge is -2.05. The summed E-state index contributed by atoms with van der Waals surface area (Å²) in [7, 11) is 0. The van der Waals surface area contributed by atoms with Crippen LogP contribution in [0.25, 0.3) is 0 Å². The van der Waals surface area contributed by atoms with Crippen molar-refractivity contribution >= 4 is 5.78 Å². The summed E-state index contributed by atoms with van der Waals surface area (Å²) >= 11 is 0. The minimum Gasteiger partial charge on any atom is -0.494 e. The third kappa shape index (κ3) is 3.37.